The number of anilines is 1. The van der Waals surface area contributed by atoms with Crippen LogP contribution in [-0.4, -0.2) is 40.6 Å². The number of hydrogen-bond acceptors (Lipinski definition) is 6. The standard InChI is InChI=1S/C10H11N3O5/c1-18-10(17)5-2-6(14)13(3-5)7-8(15)11-4-12-9(7)16/h4-5H,2-3H2,1H3,(H2,11,12,15,16). The third-order valence-electron chi connectivity index (χ3n) is 2.74. The number of rotatable bonds is 2. The number of aromatic amines is 1. The SMILES string of the molecule is COC(=O)C1CC(=O)N(c2c(O)nc[nH]c2=O)C1. The molecule has 1 aromatic heterocycles. The summed E-state index contributed by atoms with van der Waals surface area (Å²) in [6, 6.07) is 0. The summed E-state index contributed by atoms with van der Waals surface area (Å²) in [5, 5.41) is 9.51. The van der Waals surface area contributed by atoms with Gasteiger partial charge in [-0.25, -0.2) is 4.98 Å². The molecule has 1 aliphatic rings. The number of aromatic hydroxyl groups is 1. The van der Waals surface area contributed by atoms with Gasteiger partial charge in [-0.15, -0.1) is 0 Å². The Morgan fingerprint density at radius 3 is 2.94 bits per heavy atom. The molecular formula is C10H11N3O5. The van der Waals surface area contributed by atoms with Gasteiger partial charge in [-0.2, -0.15) is 0 Å². The zero-order valence-corrected chi connectivity index (χ0v) is 9.54. The number of nitrogens with one attached hydrogen (secondary N) is 1. The molecule has 2 rings (SSSR count). The number of carbonyl (C=O) groups is 2. The van der Waals surface area contributed by atoms with E-state index in [9.17, 15) is 19.5 Å². The maximum atomic E-state index is 11.7. The lowest BCUT2D eigenvalue weighted by molar-refractivity contribution is -0.145. The minimum absolute atomic E-state index is 0.00611. The summed E-state index contributed by atoms with van der Waals surface area (Å²) in [6.07, 6.45) is 0.972. The fraction of sp³-hybridized carbons (Fsp3) is 0.400. The highest BCUT2D eigenvalue weighted by Gasteiger charge is 2.38. The van der Waals surface area contributed by atoms with Crippen LogP contribution in [0.15, 0.2) is 11.1 Å². The molecule has 0 aliphatic carbocycles. The third-order valence-corrected chi connectivity index (χ3v) is 2.74. The Labute approximate surface area is 101 Å². The van der Waals surface area contributed by atoms with Crippen LogP contribution in [0.25, 0.3) is 0 Å². The molecule has 1 saturated heterocycles. The van der Waals surface area contributed by atoms with Crippen molar-refractivity contribution >= 4 is 17.6 Å². The van der Waals surface area contributed by atoms with Crippen molar-refractivity contribution in [3.63, 3.8) is 0 Å². The summed E-state index contributed by atoms with van der Waals surface area (Å²) in [5.74, 6) is -2.14. The van der Waals surface area contributed by atoms with Gasteiger partial charge >= 0.3 is 5.97 Å². The van der Waals surface area contributed by atoms with E-state index in [1.807, 2.05) is 0 Å². The monoisotopic (exact) mass is 253 g/mol. The van der Waals surface area contributed by atoms with Gasteiger partial charge in [0.15, 0.2) is 5.69 Å². The minimum Gasteiger partial charge on any atom is -0.492 e. The van der Waals surface area contributed by atoms with E-state index in [0.29, 0.717) is 0 Å². The lowest BCUT2D eigenvalue weighted by Gasteiger charge is -2.15. The summed E-state index contributed by atoms with van der Waals surface area (Å²) in [7, 11) is 1.23. The highest BCUT2D eigenvalue weighted by atomic mass is 16.5. The number of ether oxygens (including phenoxy) is 1. The summed E-state index contributed by atoms with van der Waals surface area (Å²) in [5.41, 5.74) is -0.879. The Morgan fingerprint density at radius 2 is 2.33 bits per heavy atom. The first kappa shape index (κ1) is 12.1. The Kier molecular flexibility index (Phi) is 3.00. The first-order chi connectivity index (χ1) is 8.54. The van der Waals surface area contributed by atoms with Crippen LogP contribution in [0.1, 0.15) is 6.42 Å². The first-order valence-corrected chi connectivity index (χ1v) is 5.19. The number of aromatic nitrogens is 2. The van der Waals surface area contributed by atoms with Crippen LogP contribution in [0, 0.1) is 5.92 Å². The fourth-order valence-corrected chi connectivity index (χ4v) is 1.87. The zero-order valence-electron chi connectivity index (χ0n) is 9.54. The molecule has 0 spiro atoms. The lowest BCUT2D eigenvalue weighted by atomic mass is 10.1. The van der Waals surface area contributed by atoms with Crippen LogP contribution in [0.3, 0.4) is 0 Å². The summed E-state index contributed by atoms with van der Waals surface area (Å²) >= 11 is 0. The second kappa shape index (κ2) is 4.47. The molecule has 1 aromatic rings. The van der Waals surface area contributed by atoms with Crippen molar-refractivity contribution in [1.29, 1.82) is 0 Å². The third kappa shape index (κ3) is 1.92. The normalized spacial score (nSPS) is 19.1. The molecule has 0 saturated carbocycles. The van der Waals surface area contributed by atoms with E-state index in [-0.39, 0.29) is 18.7 Å². The Bertz CT molecular complexity index is 553. The predicted molar refractivity (Wildman–Crippen MR) is 59.0 cm³/mol. The smallest absolute Gasteiger partial charge is 0.311 e. The summed E-state index contributed by atoms with van der Waals surface area (Å²) < 4.78 is 4.55. The van der Waals surface area contributed by atoms with E-state index in [1.54, 1.807) is 0 Å². The highest BCUT2D eigenvalue weighted by Crippen LogP contribution is 2.27. The van der Waals surface area contributed by atoms with Gasteiger partial charge in [0.25, 0.3) is 5.56 Å². The van der Waals surface area contributed by atoms with Crippen molar-refractivity contribution in [2.45, 2.75) is 6.42 Å². The number of methoxy groups -OCH3 is 1. The van der Waals surface area contributed by atoms with Gasteiger partial charge in [0, 0.05) is 13.0 Å². The van der Waals surface area contributed by atoms with E-state index in [2.05, 4.69) is 14.7 Å². The van der Waals surface area contributed by atoms with Gasteiger partial charge in [-0.1, -0.05) is 0 Å². The zero-order chi connectivity index (χ0) is 13.3. The molecule has 2 heterocycles. The second-order valence-corrected chi connectivity index (χ2v) is 3.83. The molecule has 1 atom stereocenters. The quantitative estimate of drug-likeness (QED) is 0.654. The van der Waals surface area contributed by atoms with Gasteiger partial charge in [0.05, 0.1) is 19.4 Å². The molecule has 1 amide bonds. The minimum atomic E-state index is -0.638. The van der Waals surface area contributed by atoms with E-state index in [1.165, 1.54) is 7.11 Å². The average Bonchev–Trinajstić information content (AvgIpc) is 2.70. The van der Waals surface area contributed by atoms with E-state index in [0.717, 1.165) is 11.2 Å². The maximum absolute atomic E-state index is 11.7. The van der Waals surface area contributed by atoms with Crippen molar-refractivity contribution in [3.8, 4) is 5.88 Å². The van der Waals surface area contributed by atoms with Gasteiger partial charge in [0.1, 0.15) is 0 Å². The molecule has 0 aromatic carbocycles. The molecule has 1 unspecified atom stereocenters. The van der Waals surface area contributed by atoms with E-state index < -0.39 is 29.2 Å². The Balaban J connectivity index is 2.33. The second-order valence-electron chi connectivity index (χ2n) is 3.83. The molecule has 8 nitrogen and oxygen atoms in total. The van der Waals surface area contributed by atoms with Gasteiger partial charge in [-0.05, 0) is 0 Å². The summed E-state index contributed by atoms with van der Waals surface area (Å²) in [6.45, 7) is -0.00611. The number of hydrogen-bond donors (Lipinski definition) is 2. The van der Waals surface area contributed by atoms with E-state index in [4.69, 9.17) is 0 Å². The van der Waals surface area contributed by atoms with Gasteiger partial charge in [0.2, 0.25) is 11.8 Å². The largest absolute Gasteiger partial charge is 0.492 e. The average molecular weight is 253 g/mol. The van der Waals surface area contributed by atoms with Crippen molar-refractivity contribution in [2.75, 3.05) is 18.6 Å². The number of esters is 1. The predicted octanol–water partition coefficient (Wildman–Crippen LogP) is -0.999. The van der Waals surface area contributed by atoms with Crippen molar-refractivity contribution in [1.82, 2.24) is 9.97 Å². The molecule has 96 valence electrons. The molecular weight excluding hydrogens is 242 g/mol. The topological polar surface area (TPSA) is 113 Å². The van der Waals surface area contributed by atoms with Gasteiger partial charge in [-0.3, -0.25) is 14.4 Å². The number of amides is 1. The Hall–Kier alpha value is -2.38. The van der Waals surface area contributed by atoms with E-state index >= 15 is 0 Å². The number of H-pyrrole nitrogens is 1. The van der Waals surface area contributed by atoms with Crippen LogP contribution < -0.4 is 10.5 Å². The Morgan fingerprint density at radius 1 is 1.61 bits per heavy atom. The molecule has 0 bridgehead atoms. The van der Waals surface area contributed by atoms with Crippen LogP contribution in [0.2, 0.25) is 0 Å². The first-order valence-electron chi connectivity index (χ1n) is 5.19. The van der Waals surface area contributed by atoms with Crippen LogP contribution >= 0.6 is 0 Å². The number of nitrogens with zero attached hydrogens (tertiary/aromatic N) is 2. The lowest BCUT2D eigenvalue weighted by Crippen LogP contribution is -2.31. The molecule has 18 heavy (non-hydrogen) atoms. The maximum Gasteiger partial charge on any atom is 0.311 e. The molecule has 1 aliphatic heterocycles. The molecule has 1 fully saturated rings. The van der Waals surface area contributed by atoms with Crippen LogP contribution in [-0.2, 0) is 14.3 Å². The molecule has 0 radical (unpaired) electrons. The highest BCUT2D eigenvalue weighted by molar-refractivity contribution is 6.00. The summed E-state index contributed by atoms with van der Waals surface area (Å²) in [4.78, 5) is 41.4. The van der Waals surface area contributed by atoms with Crippen molar-refractivity contribution in [2.24, 2.45) is 5.92 Å². The number of carbonyl (C=O) groups excluding carboxylic acids is 2. The van der Waals surface area contributed by atoms with Crippen molar-refractivity contribution < 1.29 is 19.4 Å². The fourth-order valence-electron chi connectivity index (χ4n) is 1.87. The van der Waals surface area contributed by atoms with Gasteiger partial charge < -0.3 is 19.7 Å². The molecule has 2 N–H and O–H groups in total. The van der Waals surface area contributed by atoms with Crippen LogP contribution in [0.4, 0.5) is 5.69 Å². The molecule has 8 heteroatoms. The van der Waals surface area contributed by atoms with Crippen molar-refractivity contribution in [3.05, 3.63) is 16.7 Å². The van der Waals surface area contributed by atoms with Crippen LogP contribution in [0.5, 0.6) is 5.88 Å².